The molecule has 1 unspecified atom stereocenters. The number of nitrogens with zero attached hydrogens (tertiary/aromatic N) is 1. The van der Waals surface area contributed by atoms with Gasteiger partial charge in [0.25, 0.3) is 5.91 Å². The van der Waals surface area contributed by atoms with Crippen LogP contribution in [-0.4, -0.2) is 60.4 Å². The lowest BCUT2D eigenvalue weighted by molar-refractivity contribution is -0.142. The summed E-state index contributed by atoms with van der Waals surface area (Å²) in [5.41, 5.74) is 8.03. The zero-order chi connectivity index (χ0) is 32.6. The minimum Gasteiger partial charge on any atom is -0.494 e. The largest absolute Gasteiger partial charge is 0.494 e. The van der Waals surface area contributed by atoms with Crippen LogP contribution in [0.5, 0.6) is 5.75 Å². The Morgan fingerprint density at radius 1 is 0.841 bits per heavy atom. The Bertz CT molecular complexity index is 1020. The third-order valence-electron chi connectivity index (χ3n) is 6.84. The smallest absolute Gasteiger partial charge is 0.284 e. The molecule has 0 saturated carbocycles. The van der Waals surface area contributed by atoms with E-state index in [9.17, 15) is 24.0 Å². The lowest BCUT2D eigenvalue weighted by atomic mass is 10.1. The maximum Gasteiger partial charge on any atom is 0.284 e. The number of nitrogens with two attached hydrogens (primary N) is 1. The molecule has 0 aromatic heterocycles. The first-order valence-electron chi connectivity index (χ1n) is 16.1. The molecule has 248 valence electrons. The highest BCUT2D eigenvalue weighted by Crippen LogP contribution is 2.19. The van der Waals surface area contributed by atoms with Crippen molar-refractivity contribution in [3.05, 3.63) is 24.3 Å². The fourth-order valence-electron chi connectivity index (χ4n) is 4.46. The summed E-state index contributed by atoms with van der Waals surface area (Å²) in [6.07, 6.45) is 11.9. The molecule has 6 N–H and O–H groups in total. The zero-order valence-electron chi connectivity index (χ0n) is 26.9. The first-order valence-corrected chi connectivity index (χ1v) is 16.1. The molecule has 1 rings (SSSR count). The van der Waals surface area contributed by atoms with Crippen molar-refractivity contribution in [3.63, 3.8) is 0 Å². The van der Waals surface area contributed by atoms with Crippen LogP contribution in [-0.2, 0) is 24.0 Å². The molecule has 5 amide bonds. The van der Waals surface area contributed by atoms with Gasteiger partial charge < -0.3 is 26.4 Å². The van der Waals surface area contributed by atoms with Crippen LogP contribution in [0.15, 0.2) is 24.3 Å². The minimum atomic E-state index is -1.24. The van der Waals surface area contributed by atoms with E-state index in [0.29, 0.717) is 37.4 Å². The van der Waals surface area contributed by atoms with Gasteiger partial charge in [-0.05, 0) is 31.9 Å². The summed E-state index contributed by atoms with van der Waals surface area (Å²) in [7, 11) is 0. The number of carbonyl (C=O) groups is 5. The zero-order valence-corrected chi connectivity index (χ0v) is 26.9. The summed E-state index contributed by atoms with van der Waals surface area (Å²) in [6.45, 7) is 6.36. The second-order valence-electron chi connectivity index (χ2n) is 10.9. The van der Waals surface area contributed by atoms with Crippen molar-refractivity contribution in [2.24, 2.45) is 5.73 Å². The van der Waals surface area contributed by atoms with Gasteiger partial charge in [-0.2, -0.15) is 0 Å². The van der Waals surface area contributed by atoms with Crippen LogP contribution in [0.3, 0.4) is 0 Å². The van der Waals surface area contributed by atoms with Crippen molar-refractivity contribution in [2.45, 2.75) is 117 Å². The molecule has 0 spiro atoms. The van der Waals surface area contributed by atoms with Crippen LogP contribution in [0.1, 0.15) is 111 Å². The lowest BCUT2D eigenvalue weighted by Crippen LogP contribution is -2.57. The molecule has 1 aromatic carbocycles. The third kappa shape index (κ3) is 18.7. The quantitative estimate of drug-likeness (QED) is 0.0664. The highest BCUT2D eigenvalue weighted by atomic mass is 16.5. The maximum atomic E-state index is 13.1. The van der Waals surface area contributed by atoms with Gasteiger partial charge in [0, 0.05) is 51.0 Å². The summed E-state index contributed by atoms with van der Waals surface area (Å²) in [5, 5.41) is 9.56. The van der Waals surface area contributed by atoms with E-state index in [2.05, 4.69) is 28.3 Å². The Morgan fingerprint density at radius 2 is 1.50 bits per heavy atom. The van der Waals surface area contributed by atoms with E-state index in [0.717, 1.165) is 17.9 Å². The maximum absolute atomic E-state index is 13.1. The summed E-state index contributed by atoms with van der Waals surface area (Å²) < 4.78 is 5.81. The fraction of sp³-hybridized carbons (Fsp3) is 0.656. The van der Waals surface area contributed by atoms with Gasteiger partial charge in [0.05, 0.1) is 6.61 Å². The van der Waals surface area contributed by atoms with Gasteiger partial charge in [-0.3, -0.25) is 34.4 Å². The number of benzene rings is 1. The molecule has 0 radical (unpaired) electrons. The minimum absolute atomic E-state index is 0.00743. The second-order valence-corrected chi connectivity index (χ2v) is 10.9. The number of amides is 5. The Labute approximate surface area is 262 Å². The van der Waals surface area contributed by atoms with Crippen molar-refractivity contribution >= 4 is 35.2 Å². The predicted octanol–water partition coefficient (Wildman–Crippen LogP) is 3.90. The van der Waals surface area contributed by atoms with E-state index in [4.69, 9.17) is 10.5 Å². The molecule has 44 heavy (non-hydrogen) atoms. The first kappa shape index (κ1) is 38.2. The van der Waals surface area contributed by atoms with E-state index in [1.807, 2.05) is 0 Å². The molecule has 1 atom stereocenters. The molecule has 0 saturated heterocycles. The molecule has 0 fully saturated rings. The summed E-state index contributed by atoms with van der Waals surface area (Å²) in [4.78, 5) is 60.3. The van der Waals surface area contributed by atoms with Gasteiger partial charge in [0.1, 0.15) is 5.75 Å². The van der Waals surface area contributed by atoms with Gasteiger partial charge in [-0.15, -0.1) is 0 Å². The van der Waals surface area contributed by atoms with E-state index in [1.54, 1.807) is 31.2 Å². The summed E-state index contributed by atoms with van der Waals surface area (Å²) >= 11 is 0. The Morgan fingerprint density at radius 3 is 2.11 bits per heavy atom. The summed E-state index contributed by atoms with van der Waals surface area (Å²) in [6, 6.07) is 6.82. The van der Waals surface area contributed by atoms with Gasteiger partial charge in [0.2, 0.25) is 23.6 Å². The number of hydrazine groups is 1. The Kier molecular flexibility index (Phi) is 20.5. The van der Waals surface area contributed by atoms with Crippen molar-refractivity contribution in [1.29, 1.82) is 0 Å². The Balaban J connectivity index is 2.47. The van der Waals surface area contributed by atoms with Crippen LogP contribution in [0, 0.1) is 0 Å². The van der Waals surface area contributed by atoms with Crippen molar-refractivity contribution < 1.29 is 28.7 Å². The van der Waals surface area contributed by atoms with Crippen LogP contribution in [0.4, 0.5) is 5.69 Å². The topological polar surface area (TPSA) is 172 Å². The van der Waals surface area contributed by atoms with Crippen LogP contribution in [0.25, 0.3) is 0 Å². The van der Waals surface area contributed by atoms with Gasteiger partial charge in [-0.25, -0.2) is 0 Å². The molecule has 12 nitrogen and oxygen atoms in total. The fourth-order valence-corrected chi connectivity index (χ4v) is 4.46. The monoisotopic (exact) mass is 618 g/mol. The van der Waals surface area contributed by atoms with E-state index in [1.165, 1.54) is 58.3 Å². The van der Waals surface area contributed by atoms with Crippen LogP contribution in [0.2, 0.25) is 0 Å². The van der Waals surface area contributed by atoms with Crippen molar-refractivity contribution in [3.8, 4) is 5.75 Å². The molecule has 1 aromatic rings. The number of hydrogen-bond donors (Lipinski definition) is 5. The summed E-state index contributed by atoms with van der Waals surface area (Å²) in [5.74, 6) is -1.73. The number of nitrogens with one attached hydrogen (secondary N) is 4. The molecule has 0 heterocycles. The van der Waals surface area contributed by atoms with Gasteiger partial charge >= 0.3 is 0 Å². The third-order valence-corrected chi connectivity index (χ3v) is 6.84. The predicted molar refractivity (Wildman–Crippen MR) is 171 cm³/mol. The number of hydrogen-bond acceptors (Lipinski definition) is 7. The van der Waals surface area contributed by atoms with Gasteiger partial charge in [-0.1, -0.05) is 70.8 Å². The number of ether oxygens (including phenoxy) is 1. The van der Waals surface area contributed by atoms with Gasteiger partial charge in [0.15, 0.2) is 6.17 Å². The SMILES string of the molecule is CCCCCCCCCCCCNC(=O)CCCOc1cccc(NC(NC(=O)CCC(N)=O)C(=O)N(CC)NC(C)=O)c1. The molecular weight excluding hydrogens is 564 g/mol. The Hall–Kier alpha value is -3.83. The molecule has 0 aliphatic rings. The standard InChI is InChI=1S/C32H54N6O6/c1-4-6-7-8-9-10-11-12-13-14-22-34-29(41)19-16-23-44-27-18-15-17-26(24-27)35-31(36-30(42)21-20-28(33)40)32(43)38(5-2)37-25(3)39/h15,17-18,24,31,35H,4-14,16,19-23H2,1-3H3,(H2,33,40)(H,34,41)(H,36,42)(H,37,39). The number of primary amides is 1. The number of carbonyl (C=O) groups excluding carboxylic acids is 5. The van der Waals surface area contributed by atoms with E-state index < -0.39 is 29.8 Å². The van der Waals surface area contributed by atoms with E-state index in [-0.39, 0.29) is 25.3 Å². The molecule has 0 aliphatic carbocycles. The molecule has 0 bridgehead atoms. The highest BCUT2D eigenvalue weighted by molar-refractivity contribution is 5.91. The number of likely N-dealkylation sites (N-methyl/N-ethyl adjacent to an activating group) is 1. The average molecular weight is 619 g/mol. The van der Waals surface area contributed by atoms with Crippen molar-refractivity contribution in [2.75, 3.05) is 25.0 Å². The lowest BCUT2D eigenvalue weighted by Gasteiger charge is -2.28. The van der Waals surface area contributed by atoms with Crippen molar-refractivity contribution in [1.82, 2.24) is 21.1 Å². The molecule has 12 heteroatoms. The van der Waals surface area contributed by atoms with Crippen LogP contribution >= 0.6 is 0 Å². The van der Waals surface area contributed by atoms with E-state index >= 15 is 0 Å². The first-order chi connectivity index (χ1) is 21.2. The average Bonchev–Trinajstić information content (AvgIpc) is 2.99. The number of anilines is 1. The molecule has 0 aliphatic heterocycles. The number of rotatable bonds is 24. The normalized spacial score (nSPS) is 11.2. The molecular formula is C32H54N6O6. The van der Waals surface area contributed by atoms with Crippen LogP contribution < -0.4 is 31.8 Å². The highest BCUT2D eigenvalue weighted by Gasteiger charge is 2.26. The number of unbranched alkanes of at least 4 members (excludes halogenated alkanes) is 9. The second kappa shape index (κ2) is 23.6.